The zero-order valence-corrected chi connectivity index (χ0v) is 14.8. The topological polar surface area (TPSA) is 96.9 Å². The molecule has 1 aliphatic rings. The first kappa shape index (κ1) is 18.2. The van der Waals surface area contributed by atoms with Gasteiger partial charge in [0.05, 0.1) is 38.2 Å². The summed E-state index contributed by atoms with van der Waals surface area (Å²) in [5.74, 6) is 0.997. The van der Waals surface area contributed by atoms with Crippen molar-refractivity contribution in [1.29, 1.82) is 0 Å². The van der Waals surface area contributed by atoms with Gasteiger partial charge in [-0.15, -0.1) is 0 Å². The molecule has 1 aromatic heterocycles. The number of aliphatic hydroxyl groups is 1. The van der Waals surface area contributed by atoms with E-state index < -0.39 is 6.10 Å². The first-order chi connectivity index (χ1) is 12.6. The van der Waals surface area contributed by atoms with Crippen LogP contribution < -0.4 is 9.47 Å². The second kappa shape index (κ2) is 8.20. The summed E-state index contributed by atoms with van der Waals surface area (Å²) in [4.78, 5) is 14.3. The molecule has 0 bridgehead atoms. The van der Waals surface area contributed by atoms with E-state index in [0.29, 0.717) is 30.3 Å². The SMILES string of the molecule is CCN(C(=O)c1cc(COc2ccccc2OC)[nH]n1)[C@@H]1COC[C@H]1O. The number of H-pyrrole nitrogens is 1. The fourth-order valence-corrected chi connectivity index (χ4v) is 2.94. The van der Waals surface area contributed by atoms with Gasteiger partial charge in [-0.25, -0.2) is 0 Å². The average molecular weight is 361 g/mol. The summed E-state index contributed by atoms with van der Waals surface area (Å²) >= 11 is 0. The molecule has 8 heteroatoms. The van der Waals surface area contributed by atoms with Crippen LogP contribution in [0.1, 0.15) is 23.1 Å². The second-order valence-corrected chi connectivity index (χ2v) is 5.98. The van der Waals surface area contributed by atoms with Gasteiger partial charge in [-0.05, 0) is 25.1 Å². The molecule has 140 valence electrons. The Kier molecular flexibility index (Phi) is 5.75. The third-order valence-electron chi connectivity index (χ3n) is 4.33. The van der Waals surface area contributed by atoms with E-state index >= 15 is 0 Å². The number of hydrogen-bond acceptors (Lipinski definition) is 6. The zero-order chi connectivity index (χ0) is 18.5. The summed E-state index contributed by atoms with van der Waals surface area (Å²) in [6.45, 7) is 3.12. The predicted octanol–water partition coefficient (Wildman–Crippen LogP) is 1.22. The minimum Gasteiger partial charge on any atom is -0.493 e. The van der Waals surface area contributed by atoms with Crippen LogP contribution in [0.15, 0.2) is 30.3 Å². The smallest absolute Gasteiger partial charge is 0.274 e. The van der Waals surface area contributed by atoms with Crippen molar-refractivity contribution in [3.8, 4) is 11.5 Å². The molecule has 2 aromatic rings. The van der Waals surface area contributed by atoms with Crippen molar-refractivity contribution in [3.05, 3.63) is 41.7 Å². The summed E-state index contributed by atoms with van der Waals surface area (Å²) in [6.07, 6.45) is -0.675. The molecule has 1 fully saturated rings. The third kappa shape index (κ3) is 3.81. The molecule has 0 spiro atoms. The first-order valence-corrected chi connectivity index (χ1v) is 8.51. The Morgan fingerprint density at radius 3 is 2.81 bits per heavy atom. The van der Waals surface area contributed by atoms with Crippen molar-refractivity contribution in [1.82, 2.24) is 15.1 Å². The number of para-hydroxylation sites is 2. The quantitative estimate of drug-likeness (QED) is 0.770. The number of nitrogens with zero attached hydrogens (tertiary/aromatic N) is 2. The van der Waals surface area contributed by atoms with Crippen molar-refractivity contribution in [2.75, 3.05) is 26.9 Å². The average Bonchev–Trinajstić information content (AvgIpc) is 3.30. The van der Waals surface area contributed by atoms with Crippen LogP contribution in [0, 0.1) is 0 Å². The van der Waals surface area contributed by atoms with Crippen molar-refractivity contribution in [3.63, 3.8) is 0 Å². The van der Waals surface area contributed by atoms with Gasteiger partial charge in [0.1, 0.15) is 6.61 Å². The number of nitrogens with one attached hydrogen (secondary N) is 1. The van der Waals surface area contributed by atoms with E-state index in [2.05, 4.69) is 10.2 Å². The molecule has 1 saturated heterocycles. The number of hydrogen-bond donors (Lipinski definition) is 2. The number of carbonyl (C=O) groups is 1. The number of benzene rings is 1. The number of methoxy groups -OCH3 is 1. The number of carbonyl (C=O) groups excluding carboxylic acids is 1. The van der Waals surface area contributed by atoms with E-state index in [1.54, 1.807) is 18.1 Å². The summed E-state index contributed by atoms with van der Waals surface area (Å²) in [7, 11) is 1.58. The monoisotopic (exact) mass is 361 g/mol. The van der Waals surface area contributed by atoms with Gasteiger partial charge in [-0.2, -0.15) is 5.10 Å². The Labute approximate surface area is 151 Å². The number of aromatic amines is 1. The van der Waals surface area contributed by atoms with E-state index in [9.17, 15) is 9.90 Å². The van der Waals surface area contributed by atoms with Crippen LogP contribution in [-0.2, 0) is 11.3 Å². The predicted molar refractivity (Wildman–Crippen MR) is 93.2 cm³/mol. The molecule has 0 aliphatic carbocycles. The summed E-state index contributed by atoms with van der Waals surface area (Å²) in [6, 6.07) is 8.64. The molecule has 8 nitrogen and oxygen atoms in total. The number of aliphatic hydroxyl groups excluding tert-OH is 1. The molecule has 1 aliphatic heterocycles. The number of aromatic nitrogens is 2. The van der Waals surface area contributed by atoms with Crippen molar-refractivity contribution in [2.45, 2.75) is 25.7 Å². The van der Waals surface area contributed by atoms with Crippen molar-refractivity contribution < 1.29 is 24.1 Å². The summed E-state index contributed by atoms with van der Waals surface area (Å²) in [5.41, 5.74) is 0.947. The van der Waals surface area contributed by atoms with Gasteiger partial charge in [0.25, 0.3) is 5.91 Å². The molecule has 0 radical (unpaired) electrons. The van der Waals surface area contributed by atoms with Gasteiger partial charge in [0.2, 0.25) is 0 Å². The minimum absolute atomic E-state index is 0.224. The largest absolute Gasteiger partial charge is 0.493 e. The Balaban J connectivity index is 1.66. The summed E-state index contributed by atoms with van der Waals surface area (Å²) < 4.78 is 16.2. The van der Waals surface area contributed by atoms with E-state index in [1.807, 2.05) is 31.2 Å². The standard InChI is InChI=1S/C18H23N3O5/c1-3-21(14-10-25-11-15(14)22)18(23)13-8-12(19-20-13)9-26-17-7-5-4-6-16(17)24-2/h4-8,14-15,22H,3,9-11H2,1-2H3,(H,19,20)/t14-,15-/m1/s1. The maximum Gasteiger partial charge on any atom is 0.274 e. The highest BCUT2D eigenvalue weighted by molar-refractivity contribution is 5.92. The van der Waals surface area contributed by atoms with E-state index in [4.69, 9.17) is 14.2 Å². The molecule has 2 atom stereocenters. The zero-order valence-electron chi connectivity index (χ0n) is 14.8. The molecule has 26 heavy (non-hydrogen) atoms. The lowest BCUT2D eigenvalue weighted by Gasteiger charge is -2.27. The van der Waals surface area contributed by atoms with Crippen LogP contribution in [0.3, 0.4) is 0 Å². The van der Waals surface area contributed by atoms with E-state index in [-0.39, 0.29) is 30.9 Å². The van der Waals surface area contributed by atoms with Gasteiger partial charge in [0.15, 0.2) is 17.2 Å². The van der Waals surface area contributed by atoms with Crippen LogP contribution in [0.2, 0.25) is 0 Å². The Morgan fingerprint density at radius 1 is 1.38 bits per heavy atom. The van der Waals surface area contributed by atoms with Crippen LogP contribution in [-0.4, -0.2) is 65.1 Å². The molecular formula is C18H23N3O5. The molecule has 0 saturated carbocycles. The van der Waals surface area contributed by atoms with Gasteiger partial charge in [0, 0.05) is 6.54 Å². The molecule has 2 heterocycles. The second-order valence-electron chi connectivity index (χ2n) is 5.98. The maximum atomic E-state index is 12.7. The Hall–Kier alpha value is -2.58. The summed E-state index contributed by atoms with van der Waals surface area (Å²) in [5, 5.41) is 16.9. The highest BCUT2D eigenvalue weighted by Gasteiger charge is 2.34. The molecule has 3 rings (SSSR count). The van der Waals surface area contributed by atoms with Gasteiger partial charge < -0.3 is 24.2 Å². The Morgan fingerprint density at radius 2 is 2.15 bits per heavy atom. The van der Waals surface area contributed by atoms with E-state index in [0.717, 1.165) is 0 Å². The van der Waals surface area contributed by atoms with Crippen LogP contribution >= 0.6 is 0 Å². The van der Waals surface area contributed by atoms with Crippen molar-refractivity contribution in [2.24, 2.45) is 0 Å². The number of ether oxygens (including phenoxy) is 3. The maximum absolute atomic E-state index is 12.7. The normalized spacial score (nSPS) is 19.3. The van der Waals surface area contributed by atoms with Crippen LogP contribution in [0.25, 0.3) is 0 Å². The van der Waals surface area contributed by atoms with Crippen LogP contribution in [0.4, 0.5) is 0 Å². The molecule has 1 aromatic carbocycles. The first-order valence-electron chi connectivity index (χ1n) is 8.51. The molecular weight excluding hydrogens is 338 g/mol. The lowest BCUT2D eigenvalue weighted by molar-refractivity contribution is 0.0515. The fourth-order valence-electron chi connectivity index (χ4n) is 2.94. The fraction of sp³-hybridized carbons (Fsp3) is 0.444. The van der Waals surface area contributed by atoms with E-state index in [1.165, 1.54) is 0 Å². The number of likely N-dealkylation sites (N-methyl/N-ethyl adjacent to an activating group) is 1. The van der Waals surface area contributed by atoms with Crippen molar-refractivity contribution >= 4 is 5.91 Å². The molecule has 1 amide bonds. The molecule has 2 N–H and O–H groups in total. The number of rotatable bonds is 7. The van der Waals surface area contributed by atoms with Gasteiger partial charge in [-0.1, -0.05) is 12.1 Å². The number of amides is 1. The molecule has 0 unspecified atom stereocenters. The lowest BCUT2D eigenvalue weighted by atomic mass is 10.1. The highest BCUT2D eigenvalue weighted by Crippen LogP contribution is 2.26. The van der Waals surface area contributed by atoms with Gasteiger partial charge in [-0.3, -0.25) is 9.89 Å². The van der Waals surface area contributed by atoms with Crippen LogP contribution in [0.5, 0.6) is 11.5 Å². The minimum atomic E-state index is -0.675. The Bertz CT molecular complexity index is 748. The third-order valence-corrected chi connectivity index (χ3v) is 4.33. The van der Waals surface area contributed by atoms with Gasteiger partial charge >= 0.3 is 0 Å². The highest BCUT2D eigenvalue weighted by atomic mass is 16.5. The lowest BCUT2D eigenvalue weighted by Crippen LogP contribution is -2.46.